The molecule has 1 aromatic rings. The summed E-state index contributed by atoms with van der Waals surface area (Å²) in [6, 6.07) is 6.64. The number of nitrogens with zero attached hydrogens (tertiary/aromatic N) is 1. The number of hydrogen-bond acceptors (Lipinski definition) is 1. The molecule has 2 heteroatoms. The van der Waals surface area contributed by atoms with E-state index in [0.717, 1.165) is 13.1 Å². The van der Waals surface area contributed by atoms with E-state index in [1.165, 1.54) is 61.6 Å². The van der Waals surface area contributed by atoms with Gasteiger partial charge in [-0.1, -0.05) is 31.0 Å². The van der Waals surface area contributed by atoms with Gasteiger partial charge in [-0.25, -0.2) is 0 Å². The summed E-state index contributed by atoms with van der Waals surface area (Å²) in [6.07, 6.45) is 9.19. The molecule has 1 saturated heterocycles. The van der Waals surface area contributed by atoms with Gasteiger partial charge in [-0.2, -0.15) is 0 Å². The molecule has 1 aliphatic heterocycles. The van der Waals surface area contributed by atoms with Gasteiger partial charge in [0.25, 0.3) is 0 Å². The molecule has 2 nitrogen and oxygen atoms in total. The van der Waals surface area contributed by atoms with Crippen molar-refractivity contribution in [1.82, 2.24) is 4.90 Å². The lowest BCUT2D eigenvalue weighted by atomic mass is 10.0. The van der Waals surface area contributed by atoms with Crippen LogP contribution in [0.4, 0.5) is 0 Å². The fourth-order valence-electron chi connectivity index (χ4n) is 3.34. The van der Waals surface area contributed by atoms with Crippen LogP contribution in [-0.2, 0) is 24.1 Å². The smallest absolute Gasteiger partial charge is 0.226 e. The predicted octanol–water partition coefficient (Wildman–Crippen LogP) is 3.12. The maximum Gasteiger partial charge on any atom is 0.226 e. The van der Waals surface area contributed by atoms with Gasteiger partial charge >= 0.3 is 0 Å². The van der Waals surface area contributed by atoms with Gasteiger partial charge in [-0.05, 0) is 48.8 Å². The molecule has 19 heavy (non-hydrogen) atoms. The third kappa shape index (κ3) is 2.99. The van der Waals surface area contributed by atoms with E-state index in [-0.39, 0.29) is 0 Å². The van der Waals surface area contributed by atoms with Crippen molar-refractivity contribution < 1.29 is 4.79 Å². The molecule has 102 valence electrons. The van der Waals surface area contributed by atoms with Crippen molar-refractivity contribution in [3.05, 3.63) is 34.9 Å². The Kier molecular flexibility index (Phi) is 3.86. The monoisotopic (exact) mass is 257 g/mol. The Hall–Kier alpha value is -1.31. The van der Waals surface area contributed by atoms with E-state index >= 15 is 0 Å². The lowest BCUT2D eigenvalue weighted by Crippen LogP contribution is -2.33. The highest BCUT2D eigenvalue weighted by Gasteiger charge is 2.17. The summed E-state index contributed by atoms with van der Waals surface area (Å²) in [6.45, 7) is 1.92. The van der Waals surface area contributed by atoms with Crippen LogP contribution >= 0.6 is 0 Å². The second-order valence-corrected chi connectivity index (χ2v) is 5.93. The van der Waals surface area contributed by atoms with Gasteiger partial charge in [0.2, 0.25) is 5.91 Å². The number of hydrogen-bond donors (Lipinski definition) is 0. The van der Waals surface area contributed by atoms with Gasteiger partial charge in [0.15, 0.2) is 0 Å². The molecule has 1 aromatic carbocycles. The molecule has 0 aromatic heterocycles. The number of benzene rings is 1. The number of fused-ring (bicyclic) bond motifs is 1. The van der Waals surface area contributed by atoms with E-state index in [1.54, 1.807) is 0 Å². The Bertz CT molecular complexity index is 458. The van der Waals surface area contributed by atoms with E-state index in [4.69, 9.17) is 0 Å². The summed E-state index contributed by atoms with van der Waals surface area (Å²) in [5.74, 6) is 0.319. The third-order valence-electron chi connectivity index (χ3n) is 4.48. The zero-order valence-electron chi connectivity index (χ0n) is 11.7. The van der Waals surface area contributed by atoms with Crippen LogP contribution in [0.1, 0.15) is 48.8 Å². The lowest BCUT2D eigenvalue weighted by Gasteiger charge is -2.20. The minimum atomic E-state index is 0.319. The summed E-state index contributed by atoms with van der Waals surface area (Å²) in [4.78, 5) is 14.4. The molecule has 0 saturated carbocycles. The van der Waals surface area contributed by atoms with Crippen LogP contribution in [0.3, 0.4) is 0 Å². The summed E-state index contributed by atoms with van der Waals surface area (Å²) < 4.78 is 0. The van der Waals surface area contributed by atoms with Gasteiger partial charge in [0, 0.05) is 13.1 Å². The van der Waals surface area contributed by atoms with Crippen molar-refractivity contribution >= 4 is 5.91 Å². The second kappa shape index (κ2) is 5.77. The first-order chi connectivity index (χ1) is 9.33. The molecule has 1 aliphatic carbocycles. The van der Waals surface area contributed by atoms with Crippen molar-refractivity contribution in [2.45, 2.75) is 51.4 Å². The molecule has 0 radical (unpaired) electrons. The summed E-state index contributed by atoms with van der Waals surface area (Å²) >= 11 is 0. The maximum atomic E-state index is 12.3. The van der Waals surface area contributed by atoms with Crippen molar-refractivity contribution in [2.24, 2.45) is 0 Å². The topological polar surface area (TPSA) is 20.3 Å². The fourth-order valence-corrected chi connectivity index (χ4v) is 3.34. The molecule has 1 fully saturated rings. The lowest BCUT2D eigenvalue weighted by molar-refractivity contribution is -0.130. The van der Waals surface area contributed by atoms with E-state index in [9.17, 15) is 4.79 Å². The molecule has 0 spiro atoms. The van der Waals surface area contributed by atoms with E-state index in [1.807, 2.05) is 0 Å². The first kappa shape index (κ1) is 12.7. The molecular weight excluding hydrogens is 234 g/mol. The number of rotatable bonds is 2. The van der Waals surface area contributed by atoms with Crippen LogP contribution in [0.25, 0.3) is 0 Å². The third-order valence-corrected chi connectivity index (χ3v) is 4.48. The van der Waals surface area contributed by atoms with Crippen LogP contribution in [0.5, 0.6) is 0 Å². The molecule has 0 N–H and O–H groups in total. The summed E-state index contributed by atoms with van der Waals surface area (Å²) in [7, 11) is 0. The Morgan fingerprint density at radius 3 is 2.47 bits per heavy atom. The Balaban J connectivity index is 1.65. The van der Waals surface area contributed by atoms with Crippen LogP contribution in [0.15, 0.2) is 18.2 Å². The van der Waals surface area contributed by atoms with Crippen molar-refractivity contribution in [3.8, 4) is 0 Å². The largest absolute Gasteiger partial charge is 0.342 e. The molecule has 2 aliphatic rings. The van der Waals surface area contributed by atoms with Crippen molar-refractivity contribution in [1.29, 1.82) is 0 Å². The molecule has 1 amide bonds. The number of likely N-dealkylation sites (tertiary alicyclic amines) is 1. The van der Waals surface area contributed by atoms with Gasteiger partial charge in [0.1, 0.15) is 0 Å². The number of carbonyl (C=O) groups excluding carboxylic acids is 1. The number of amides is 1. The molecule has 0 bridgehead atoms. The summed E-state index contributed by atoms with van der Waals surface area (Å²) in [5.41, 5.74) is 4.17. The zero-order chi connectivity index (χ0) is 13.1. The fraction of sp³-hybridized carbons (Fsp3) is 0.588. The Morgan fingerprint density at radius 1 is 0.947 bits per heavy atom. The maximum absolute atomic E-state index is 12.3. The number of aryl methyl sites for hydroxylation is 2. The standard InChI is InChI=1S/C17H23NO/c19-17(18-10-3-1-2-4-11-18)13-14-8-9-15-6-5-7-16(15)12-14/h8-9,12H,1-7,10-11,13H2. The number of carbonyl (C=O) groups is 1. The minimum Gasteiger partial charge on any atom is -0.342 e. The highest BCUT2D eigenvalue weighted by Crippen LogP contribution is 2.23. The molecule has 0 unspecified atom stereocenters. The highest BCUT2D eigenvalue weighted by atomic mass is 16.2. The normalized spacial score (nSPS) is 19.1. The van der Waals surface area contributed by atoms with Crippen LogP contribution in [0, 0.1) is 0 Å². The average Bonchev–Trinajstić information content (AvgIpc) is 2.71. The first-order valence-electron chi connectivity index (χ1n) is 7.71. The van der Waals surface area contributed by atoms with Gasteiger partial charge in [0.05, 0.1) is 6.42 Å². The van der Waals surface area contributed by atoms with Gasteiger partial charge in [-0.3, -0.25) is 4.79 Å². The Labute approximate surface area is 115 Å². The van der Waals surface area contributed by atoms with E-state index in [0.29, 0.717) is 12.3 Å². The van der Waals surface area contributed by atoms with Crippen LogP contribution in [-0.4, -0.2) is 23.9 Å². The predicted molar refractivity (Wildman–Crippen MR) is 77.2 cm³/mol. The van der Waals surface area contributed by atoms with E-state index < -0.39 is 0 Å². The average molecular weight is 257 g/mol. The molecule has 3 rings (SSSR count). The molecule has 1 heterocycles. The van der Waals surface area contributed by atoms with Gasteiger partial charge in [-0.15, -0.1) is 0 Å². The minimum absolute atomic E-state index is 0.319. The summed E-state index contributed by atoms with van der Waals surface area (Å²) in [5, 5.41) is 0. The second-order valence-electron chi connectivity index (χ2n) is 5.93. The molecular formula is C17H23NO. The SMILES string of the molecule is O=C(Cc1ccc2c(c1)CCC2)N1CCCCCC1. The first-order valence-corrected chi connectivity index (χ1v) is 7.71. The van der Waals surface area contributed by atoms with Crippen molar-refractivity contribution in [2.75, 3.05) is 13.1 Å². The van der Waals surface area contributed by atoms with Crippen LogP contribution < -0.4 is 0 Å². The Morgan fingerprint density at radius 2 is 1.68 bits per heavy atom. The van der Waals surface area contributed by atoms with Crippen molar-refractivity contribution in [3.63, 3.8) is 0 Å². The van der Waals surface area contributed by atoms with Gasteiger partial charge < -0.3 is 4.90 Å². The highest BCUT2D eigenvalue weighted by molar-refractivity contribution is 5.78. The van der Waals surface area contributed by atoms with Crippen LogP contribution in [0.2, 0.25) is 0 Å². The quantitative estimate of drug-likeness (QED) is 0.797. The van der Waals surface area contributed by atoms with E-state index in [2.05, 4.69) is 23.1 Å². The zero-order valence-corrected chi connectivity index (χ0v) is 11.7. The molecule has 0 atom stereocenters.